The molecular weight excluding hydrogens is 582 g/mol. The molecule has 4 N–H and O–H groups in total. The molecule has 220 valence electrons. The van der Waals surface area contributed by atoms with Crippen molar-refractivity contribution in [2.24, 2.45) is 0 Å². The van der Waals surface area contributed by atoms with E-state index in [9.17, 15) is 29.4 Å². The van der Waals surface area contributed by atoms with Crippen LogP contribution in [-0.2, 0) is 25.6 Å². The summed E-state index contributed by atoms with van der Waals surface area (Å²) in [5.74, 6) is -1.03. The fraction of sp³-hybridized carbons (Fsp3) is 0.310. The number of phenolic OH excluding ortho intramolecular Hbond substituents is 1. The molecule has 3 aliphatic heterocycles. The lowest BCUT2D eigenvalue weighted by atomic mass is 9.90. The van der Waals surface area contributed by atoms with Crippen LogP contribution < -0.4 is 20.1 Å². The Morgan fingerprint density at radius 3 is 2.60 bits per heavy atom. The van der Waals surface area contributed by atoms with Gasteiger partial charge in [-0.1, -0.05) is 12.1 Å². The Labute approximate surface area is 250 Å². The molecule has 5 rings (SSSR count). The maximum Gasteiger partial charge on any atom is 0.352 e. The van der Waals surface area contributed by atoms with Crippen molar-refractivity contribution >= 4 is 47.2 Å². The molecule has 42 heavy (non-hydrogen) atoms. The topological polar surface area (TPSA) is 154 Å². The van der Waals surface area contributed by atoms with Crippen molar-refractivity contribution in [2.75, 3.05) is 32.3 Å². The van der Waals surface area contributed by atoms with Crippen LogP contribution in [0.15, 0.2) is 69.8 Å². The number of benzene rings is 2. The number of aliphatic carboxylic acids is 1. The van der Waals surface area contributed by atoms with Gasteiger partial charge in [0.1, 0.15) is 22.9 Å². The first kappa shape index (κ1) is 29.4. The summed E-state index contributed by atoms with van der Waals surface area (Å²) >= 11 is 2.60. The molecule has 2 aromatic rings. The summed E-state index contributed by atoms with van der Waals surface area (Å²) < 4.78 is 10.5. The number of hydrogen-bond acceptors (Lipinski definition) is 9. The molecule has 0 unspecified atom stereocenters. The molecule has 3 aliphatic rings. The van der Waals surface area contributed by atoms with Gasteiger partial charge in [0.25, 0.3) is 5.91 Å². The van der Waals surface area contributed by atoms with E-state index in [1.54, 1.807) is 36.4 Å². The number of thioether (sulfide) groups is 2. The highest BCUT2D eigenvalue weighted by Gasteiger charge is 2.54. The first-order chi connectivity index (χ1) is 20.2. The Morgan fingerprint density at radius 1 is 1.14 bits per heavy atom. The fourth-order valence-electron chi connectivity index (χ4n) is 5.20. The zero-order chi connectivity index (χ0) is 30.0. The van der Waals surface area contributed by atoms with Crippen LogP contribution in [0.3, 0.4) is 0 Å². The summed E-state index contributed by atoms with van der Waals surface area (Å²) in [4.78, 5) is 53.3. The lowest BCUT2D eigenvalue weighted by molar-refractivity contribution is -0.150. The maximum atomic E-state index is 13.3. The van der Waals surface area contributed by atoms with Crippen molar-refractivity contribution in [1.82, 2.24) is 15.5 Å². The van der Waals surface area contributed by atoms with Crippen LogP contribution in [0.5, 0.6) is 17.2 Å². The van der Waals surface area contributed by atoms with Gasteiger partial charge in [-0.05, 0) is 59.9 Å². The average molecular weight is 612 g/mol. The summed E-state index contributed by atoms with van der Waals surface area (Å²) in [7, 11) is 3.06. The third-order valence-electron chi connectivity index (χ3n) is 7.17. The van der Waals surface area contributed by atoms with Gasteiger partial charge in [-0.25, -0.2) is 4.79 Å². The molecule has 2 atom stereocenters. The number of rotatable bonds is 10. The first-order valence-electron chi connectivity index (χ1n) is 13.1. The van der Waals surface area contributed by atoms with E-state index in [1.807, 2.05) is 0 Å². The van der Waals surface area contributed by atoms with Gasteiger partial charge in [-0.3, -0.25) is 19.3 Å². The predicted octanol–water partition coefficient (Wildman–Crippen LogP) is 2.30. The van der Waals surface area contributed by atoms with Gasteiger partial charge in [-0.2, -0.15) is 0 Å². The van der Waals surface area contributed by atoms with E-state index in [0.29, 0.717) is 46.7 Å². The number of fused-ring (bicyclic) bond motifs is 1. The van der Waals surface area contributed by atoms with Gasteiger partial charge in [-0.15, -0.1) is 23.5 Å². The van der Waals surface area contributed by atoms with E-state index in [1.165, 1.54) is 48.7 Å². The summed E-state index contributed by atoms with van der Waals surface area (Å²) in [6.07, 6.45) is 0.631. The number of ether oxygens (including phenoxy) is 2. The minimum absolute atomic E-state index is 0.0405. The number of aromatic hydroxyl groups is 1. The van der Waals surface area contributed by atoms with Crippen molar-refractivity contribution in [2.45, 2.75) is 29.2 Å². The molecule has 0 spiro atoms. The largest absolute Gasteiger partial charge is 0.508 e. The number of carboxylic acid groups (broad SMARTS) is 1. The zero-order valence-corrected chi connectivity index (χ0v) is 24.5. The smallest absolute Gasteiger partial charge is 0.352 e. The molecule has 0 aliphatic carbocycles. The number of nitrogens with one attached hydrogen (secondary N) is 2. The van der Waals surface area contributed by atoms with E-state index < -0.39 is 23.3 Å². The van der Waals surface area contributed by atoms with Crippen LogP contribution in [0.2, 0.25) is 0 Å². The third-order valence-corrected chi connectivity index (χ3v) is 9.44. The van der Waals surface area contributed by atoms with E-state index in [2.05, 4.69) is 10.6 Å². The zero-order valence-electron chi connectivity index (χ0n) is 22.8. The van der Waals surface area contributed by atoms with Gasteiger partial charge in [0.15, 0.2) is 11.5 Å². The number of hydrogen-bond donors (Lipinski definition) is 4. The normalized spacial score (nSPS) is 20.9. The number of allylic oxidation sites excluding steroid dienone is 1. The quantitative estimate of drug-likeness (QED) is 0.179. The lowest BCUT2D eigenvalue weighted by Crippen LogP contribution is -2.70. The molecule has 0 radical (unpaired) electrons. The van der Waals surface area contributed by atoms with Crippen molar-refractivity contribution in [3.8, 4) is 17.2 Å². The highest BCUT2D eigenvalue weighted by Crippen LogP contribution is 2.44. The lowest BCUT2D eigenvalue weighted by Gasteiger charge is -2.49. The Hall–Kier alpha value is -4.10. The van der Waals surface area contributed by atoms with Crippen LogP contribution in [-0.4, -0.2) is 82.5 Å². The average Bonchev–Trinajstić information content (AvgIpc) is 3.41. The van der Waals surface area contributed by atoms with Gasteiger partial charge < -0.3 is 30.3 Å². The highest BCUT2D eigenvalue weighted by molar-refractivity contribution is 8.00. The van der Waals surface area contributed by atoms with Crippen molar-refractivity contribution in [1.29, 1.82) is 0 Å². The van der Waals surface area contributed by atoms with E-state index in [0.717, 1.165) is 4.90 Å². The Morgan fingerprint density at radius 2 is 1.93 bits per heavy atom. The number of β-lactam (4-membered cyclic amide) rings is 1. The van der Waals surface area contributed by atoms with Crippen molar-refractivity contribution < 1.29 is 38.9 Å². The predicted molar refractivity (Wildman–Crippen MR) is 156 cm³/mol. The standard InChI is InChI=1S/C29H29N3O8S2/c1-39-21-7-6-17(12-22(21)40-2)41-14-23(34)31-24-27(36)32-25(29(37)38)20(13-42-28(24)32)19(18-8-9-30-26(18)35)11-15-4-3-5-16(33)10-15/h3-7,10,12,24,28,33H,8-9,11,13-14H2,1-2H3,(H,30,35)(H,31,34)(H,37,38)/t24-,28-/m1/s1. The van der Waals surface area contributed by atoms with Crippen LogP contribution in [0, 0.1) is 0 Å². The van der Waals surface area contributed by atoms with Gasteiger partial charge in [0, 0.05) is 22.8 Å². The summed E-state index contributed by atoms with van der Waals surface area (Å²) in [5.41, 5.74) is 1.91. The minimum atomic E-state index is -1.29. The number of carboxylic acids is 1. The molecule has 3 amide bonds. The molecule has 2 fully saturated rings. The van der Waals surface area contributed by atoms with Crippen LogP contribution in [0.4, 0.5) is 0 Å². The van der Waals surface area contributed by atoms with Crippen LogP contribution in [0.25, 0.3) is 0 Å². The fourth-order valence-corrected chi connectivity index (χ4v) is 7.31. The molecular formula is C29H29N3O8S2. The molecule has 0 bridgehead atoms. The second kappa shape index (κ2) is 12.4. The summed E-state index contributed by atoms with van der Waals surface area (Å²) in [5, 5.41) is 25.1. The number of nitrogens with zero attached hydrogens (tertiary/aromatic N) is 1. The highest BCUT2D eigenvalue weighted by atomic mass is 32.2. The molecule has 0 aromatic heterocycles. The summed E-state index contributed by atoms with van der Waals surface area (Å²) in [6, 6.07) is 11.0. The van der Waals surface area contributed by atoms with Gasteiger partial charge in [0.05, 0.1) is 20.0 Å². The third kappa shape index (κ3) is 5.79. The summed E-state index contributed by atoms with van der Waals surface area (Å²) in [6.45, 7) is 0.432. The molecule has 0 saturated carbocycles. The monoisotopic (exact) mass is 611 g/mol. The number of carbonyl (C=O) groups is 4. The first-order valence-corrected chi connectivity index (χ1v) is 15.1. The molecule has 13 heteroatoms. The van der Waals surface area contributed by atoms with Crippen molar-refractivity contribution in [3.05, 3.63) is 70.4 Å². The molecule has 2 saturated heterocycles. The molecule has 3 heterocycles. The van der Waals surface area contributed by atoms with Gasteiger partial charge in [0.2, 0.25) is 11.8 Å². The maximum absolute atomic E-state index is 13.3. The van der Waals surface area contributed by atoms with Crippen molar-refractivity contribution in [3.63, 3.8) is 0 Å². The second-order valence-corrected chi connectivity index (χ2v) is 11.9. The Bertz CT molecular complexity index is 1520. The van der Waals surface area contributed by atoms with Crippen LogP contribution >= 0.6 is 23.5 Å². The van der Waals surface area contributed by atoms with E-state index in [-0.39, 0.29) is 41.2 Å². The molecule has 11 nitrogen and oxygen atoms in total. The van der Waals surface area contributed by atoms with Crippen LogP contribution in [0.1, 0.15) is 12.0 Å². The number of methoxy groups -OCH3 is 2. The van der Waals surface area contributed by atoms with E-state index >= 15 is 0 Å². The second-order valence-electron chi connectivity index (χ2n) is 9.70. The minimum Gasteiger partial charge on any atom is -0.508 e. The Kier molecular flexibility index (Phi) is 8.69. The van der Waals surface area contributed by atoms with E-state index in [4.69, 9.17) is 9.47 Å². The number of carbonyl (C=O) groups excluding carboxylic acids is 3. The Balaban J connectivity index is 1.34. The van der Waals surface area contributed by atoms with Gasteiger partial charge >= 0.3 is 5.97 Å². The SMILES string of the molecule is COc1ccc(SCC(=O)N[C@@H]2C(=O)N3C(C(=O)O)=C(C(Cc4cccc(O)c4)=C4CCNC4=O)CS[C@H]23)cc1OC. The molecule has 2 aromatic carbocycles. The number of amides is 3. The number of phenols is 1.